The predicted octanol–water partition coefficient (Wildman–Crippen LogP) is 4.54. The number of carbonyl (C=O) groups is 1. The average molecular weight is 324 g/mol. The maximum atomic E-state index is 11.3. The molecule has 19 heavy (non-hydrogen) atoms. The van der Waals surface area contributed by atoms with Crippen LogP contribution in [-0.4, -0.2) is 19.7 Å². The molecule has 0 fully saturated rings. The zero-order valence-electron chi connectivity index (χ0n) is 10.5. The van der Waals surface area contributed by atoms with Gasteiger partial charge >= 0.3 is 5.97 Å². The number of halogens is 3. The summed E-state index contributed by atoms with van der Waals surface area (Å²) in [7, 11) is 1.34. The van der Waals surface area contributed by atoms with Gasteiger partial charge in [-0.1, -0.05) is 41.7 Å². The summed E-state index contributed by atoms with van der Waals surface area (Å²) in [6.07, 6.45) is 2.20. The molecule has 0 N–H and O–H groups in total. The van der Waals surface area contributed by atoms with Crippen LogP contribution < -0.4 is 4.74 Å². The number of ether oxygens (including phenoxy) is 2. The summed E-state index contributed by atoms with van der Waals surface area (Å²) in [4.78, 5) is 11.3. The average Bonchev–Trinajstić information content (AvgIpc) is 2.39. The van der Waals surface area contributed by atoms with Crippen LogP contribution >= 0.6 is 34.8 Å². The van der Waals surface area contributed by atoms with Gasteiger partial charge < -0.3 is 9.47 Å². The molecule has 0 atom stereocenters. The van der Waals surface area contributed by atoms with Crippen LogP contribution in [0.15, 0.2) is 23.8 Å². The largest absolute Gasteiger partial charge is 0.488 e. The number of hydrogen-bond acceptors (Lipinski definition) is 3. The molecule has 1 rings (SSSR count). The highest BCUT2D eigenvalue weighted by molar-refractivity contribution is 6.43. The maximum Gasteiger partial charge on any atom is 0.333 e. The Hall–Kier alpha value is -0.900. The molecule has 104 valence electrons. The Morgan fingerprint density at radius 3 is 2.42 bits per heavy atom. The van der Waals surface area contributed by atoms with E-state index in [2.05, 4.69) is 4.74 Å². The van der Waals surface area contributed by atoms with Crippen molar-refractivity contribution in [2.75, 3.05) is 13.7 Å². The Morgan fingerprint density at radius 2 is 1.84 bits per heavy atom. The summed E-state index contributed by atoms with van der Waals surface area (Å²) in [5, 5.41) is 1.08. The monoisotopic (exact) mass is 322 g/mol. The van der Waals surface area contributed by atoms with Crippen molar-refractivity contribution in [1.82, 2.24) is 0 Å². The molecule has 0 aliphatic rings. The van der Waals surface area contributed by atoms with E-state index in [1.54, 1.807) is 6.08 Å². The van der Waals surface area contributed by atoms with E-state index < -0.39 is 0 Å². The minimum Gasteiger partial charge on any atom is -0.488 e. The molecule has 0 saturated carbocycles. The van der Waals surface area contributed by atoms with E-state index in [0.29, 0.717) is 32.8 Å². The first-order valence-corrected chi connectivity index (χ1v) is 6.67. The molecule has 0 aliphatic heterocycles. The normalized spacial score (nSPS) is 11.3. The topological polar surface area (TPSA) is 35.5 Å². The fourth-order valence-electron chi connectivity index (χ4n) is 1.35. The van der Waals surface area contributed by atoms with E-state index in [1.807, 2.05) is 6.92 Å². The van der Waals surface area contributed by atoms with Crippen molar-refractivity contribution in [2.45, 2.75) is 13.3 Å². The number of esters is 1. The summed E-state index contributed by atoms with van der Waals surface area (Å²) < 4.78 is 10.1. The quantitative estimate of drug-likeness (QED) is 0.453. The van der Waals surface area contributed by atoms with Gasteiger partial charge in [-0.05, 0) is 18.6 Å². The van der Waals surface area contributed by atoms with E-state index in [1.165, 1.54) is 19.2 Å². The lowest BCUT2D eigenvalue weighted by molar-refractivity contribution is -0.136. The van der Waals surface area contributed by atoms with Gasteiger partial charge in [-0.2, -0.15) is 0 Å². The van der Waals surface area contributed by atoms with Gasteiger partial charge in [0.1, 0.15) is 12.4 Å². The zero-order valence-corrected chi connectivity index (χ0v) is 12.8. The van der Waals surface area contributed by atoms with Gasteiger partial charge in [0.25, 0.3) is 0 Å². The second-order valence-electron chi connectivity index (χ2n) is 3.58. The van der Waals surface area contributed by atoms with Gasteiger partial charge in [0.2, 0.25) is 0 Å². The highest BCUT2D eigenvalue weighted by atomic mass is 35.5. The Morgan fingerprint density at radius 1 is 1.21 bits per heavy atom. The first kappa shape index (κ1) is 16.2. The number of carbonyl (C=O) groups excluding carboxylic acids is 1. The third kappa shape index (κ3) is 4.60. The van der Waals surface area contributed by atoms with Crippen molar-refractivity contribution >= 4 is 40.8 Å². The molecule has 0 aliphatic carbocycles. The van der Waals surface area contributed by atoms with Gasteiger partial charge in [-0.25, -0.2) is 4.79 Å². The molecule has 0 unspecified atom stereocenters. The van der Waals surface area contributed by atoms with Crippen molar-refractivity contribution in [3.8, 4) is 5.75 Å². The van der Waals surface area contributed by atoms with E-state index in [4.69, 9.17) is 39.5 Å². The van der Waals surface area contributed by atoms with Gasteiger partial charge in [-0.15, -0.1) is 0 Å². The maximum absolute atomic E-state index is 11.3. The van der Waals surface area contributed by atoms with Gasteiger partial charge in [-0.3, -0.25) is 0 Å². The van der Waals surface area contributed by atoms with Crippen molar-refractivity contribution in [3.05, 3.63) is 38.8 Å². The van der Waals surface area contributed by atoms with Crippen LogP contribution in [0, 0.1) is 0 Å². The second-order valence-corrected chi connectivity index (χ2v) is 4.80. The van der Waals surface area contributed by atoms with Crippen molar-refractivity contribution in [3.63, 3.8) is 0 Å². The molecule has 0 spiro atoms. The summed E-state index contributed by atoms with van der Waals surface area (Å²) in [5.74, 6) is 0.0407. The molecule has 1 aromatic rings. The Kier molecular flexibility index (Phi) is 6.49. The van der Waals surface area contributed by atoms with Crippen LogP contribution in [0.3, 0.4) is 0 Å². The Labute approximate surface area is 127 Å². The van der Waals surface area contributed by atoms with Gasteiger partial charge in [0.15, 0.2) is 0 Å². The minimum atomic E-state index is -0.369. The molecule has 0 heterocycles. The molecule has 0 aromatic heterocycles. The molecule has 3 nitrogen and oxygen atoms in total. The Balaban J connectivity index is 2.74. The van der Waals surface area contributed by atoms with Crippen LogP contribution in [0.5, 0.6) is 5.75 Å². The molecule has 0 radical (unpaired) electrons. The zero-order chi connectivity index (χ0) is 14.4. The lowest BCUT2D eigenvalue weighted by atomic mass is 10.2. The molecule has 0 saturated heterocycles. The third-order valence-corrected chi connectivity index (χ3v) is 3.39. The lowest BCUT2D eigenvalue weighted by Crippen LogP contribution is -2.06. The third-order valence-electron chi connectivity index (χ3n) is 2.37. The van der Waals surface area contributed by atoms with E-state index in [0.717, 1.165) is 0 Å². The predicted molar refractivity (Wildman–Crippen MR) is 77.4 cm³/mol. The summed E-state index contributed by atoms with van der Waals surface area (Å²) in [6, 6.07) is 3.04. The van der Waals surface area contributed by atoms with E-state index in [-0.39, 0.29) is 12.6 Å². The smallest absolute Gasteiger partial charge is 0.333 e. The van der Waals surface area contributed by atoms with Crippen molar-refractivity contribution in [2.24, 2.45) is 0 Å². The second kappa shape index (κ2) is 7.63. The summed E-state index contributed by atoms with van der Waals surface area (Å²) in [5.41, 5.74) is 0.540. The Bertz CT molecular complexity index is 498. The molecule has 1 aromatic carbocycles. The highest BCUT2D eigenvalue weighted by Crippen LogP contribution is 2.33. The first-order valence-electron chi connectivity index (χ1n) is 5.54. The minimum absolute atomic E-state index is 0.190. The highest BCUT2D eigenvalue weighted by Gasteiger charge is 2.08. The number of methoxy groups -OCH3 is 1. The fourth-order valence-corrected chi connectivity index (χ4v) is 1.94. The van der Waals surface area contributed by atoms with Crippen LogP contribution in [-0.2, 0) is 9.53 Å². The van der Waals surface area contributed by atoms with Gasteiger partial charge in [0, 0.05) is 11.6 Å². The number of hydrogen-bond donors (Lipinski definition) is 0. The molecule has 6 heteroatoms. The fraction of sp³-hybridized carbons (Fsp3) is 0.308. The molecule has 0 bridgehead atoms. The number of benzene rings is 1. The SMILES string of the molecule is CCC(=CCOc1cc(Cl)c(Cl)cc1Cl)C(=O)OC. The van der Waals surface area contributed by atoms with Crippen LogP contribution in [0.2, 0.25) is 15.1 Å². The molecular formula is C13H13Cl3O3. The van der Waals surface area contributed by atoms with Crippen molar-refractivity contribution in [1.29, 1.82) is 0 Å². The van der Waals surface area contributed by atoms with Crippen LogP contribution in [0.1, 0.15) is 13.3 Å². The molecular weight excluding hydrogens is 310 g/mol. The van der Waals surface area contributed by atoms with E-state index >= 15 is 0 Å². The standard InChI is InChI=1S/C13H13Cl3O3/c1-3-8(13(17)18-2)4-5-19-12-7-10(15)9(14)6-11(12)16/h4,6-7H,3,5H2,1-2H3. The number of rotatable bonds is 5. The summed E-state index contributed by atoms with van der Waals surface area (Å²) >= 11 is 17.6. The van der Waals surface area contributed by atoms with Crippen LogP contribution in [0.4, 0.5) is 0 Å². The van der Waals surface area contributed by atoms with Gasteiger partial charge in [0.05, 0.1) is 22.2 Å². The van der Waals surface area contributed by atoms with Crippen LogP contribution in [0.25, 0.3) is 0 Å². The first-order chi connectivity index (χ1) is 8.99. The summed E-state index contributed by atoms with van der Waals surface area (Å²) in [6.45, 7) is 2.05. The lowest BCUT2D eigenvalue weighted by Gasteiger charge is -2.08. The van der Waals surface area contributed by atoms with E-state index in [9.17, 15) is 4.79 Å². The molecule has 0 amide bonds. The van der Waals surface area contributed by atoms with Crippen molar-refractivity contribution < 1.29 is 14.3 Å².